The topological polar surface area (TPSA) is 79.4 Å². The molecule has 0 fully saturated rings. The molecule has 0 bridgehead atoms. The van der Waals surface area contributed by atoms with Gasteiger partial charge in [0.15, 0.2) is 0 Å². The first-order valence-electron chi connectivity index (χ1n) is 10.1. The van der Waals surface area contributed by atoms with E-state index in [-0.39, 0.29) is 10.8 Å². The van der Waals surface area contributed by atoms with Crippen LogP contribution in [0, 0.1) is 6.92 Å². The normalized spacial score (nSPS) is 12.6. The Kier molecular flexibility index (Phi) is 6.36. The molecule has 0 saturated heterocycles. The van der Waals surface area contributed by atoms with E-state index in [0.717, 1.165) is 20.8 Å². The molecular formula is C24H23N3O3S2. The minimum absolute atomic E-state index is 0.105. The fourth-order valence-electron chi connectivity index (χ4n) is 3.47. The van der Waals surface area contributed by atoms with Gasteiger partial charge in [-0.1, -0.05) is 60.7 Å². The zero-order chi connectivity index (χ0) is 22.7. The lowest BCUT2D eigenvalue weighted by Crippen LogP contribution is -2.41. The number of nitrogens with one attached hydrogen (secondary N) is 1. The number of benzene rings is 3. The van der Waals surface area contributed by atoms with Crippen LogP contribution in [0.4, 0.5) is 0 Å². The van der Waals surface area contributed by atoms with Crippen LogP contribution in [-0.4, -0.2) is 31.3 Å². The lowest BCUT2D eigenvalue weighted by atomic mass is 10.1. The SMILES string of the molecule is Cc1nc2ccc(S(=O)(=O)N[C@@H](C(=O)N(C)Cc3ccccc3)c3ccccc3)cc2s1. The van der Waals surface area contributed by atoms with E-state index in [1.54, 1.807) is 43.4 Å². The van der Waals surface area contributed by atoms with Crippen molar-refractivity contribution in [2.24, 2.45) is 0 Å². The molecule has 0 aliphatic rings. The van der Waals surface area contributed by atoms with Crippen LogP contribution in [0.2, 0.25) is 0 Å². The van der Waals surface area contributed by atoms with Gasteiger partial charge in [0.05, 0.1) is 20.1 Å². The molecule has 1 atom stereocenters. The van der Waals surface area contributed by atoms with E-state index < -0.39 is 16.1 Å². The van der Waals surface area contributed by atoms with Gasteiger partial charge in [0.25, 0.3) is 0 Å². The summed E-state index contributed by atoms with van der Waals surface area (Å²) < 4.78 is 29.9. The molecule has 8 heteroatoms. The molecule has 32 heavy (non-hydrogen) atoms. The van der Waals surface area contributed by atoms with Crippen molar-refractivity contribution >= 4 is 37.5 Å². The standard InChI is InChI=1S/C24H23N3O3S2/c1-17-25-21-14-13-20(15-22(21)31-17)32(29,30)26-23(19-11-7-4-8-12-19)24(28)27(2)16-18-9-5-3-6-10-18/h3-15,23,26H,16H2,1-2H3/t23-/m1/s1. The highest BCUT2D eigenvalue weighted by Crippen LogP contribution is 2.26. The number of aromatic nitrogens is 1. The molecule has 1 aromatic heterocycles. The van der Waals surface area contributed by atoms with E-state index in [9.17, 15) is 13.2 Å². The number of hydrogen-bond donors (Lipinski definition) is 1. The van der Waals surface area contributed by atoms with Crippen LogP contribution in [0.15, 0.2) is 83.8 Å². The molecule has 0 unspecified atom stereocenters. The van der Waals surface area contributed by atoms with Gasteiger partial charge in [0.2, 0.25) is 15.9 Å². The molecular weight excluding hydrogens is 442 g/mol. The van der Waals surface area contributed by atoms with E-state index in [1.165, 1.54) is 22.3 Å². The lowest BCUT2D eigenvalue weighted by molar-refractivity contribution is -0.132. The summed E-state index contributed by atoms with van der Waals surface area (Å²) in [6.07, 6.45) is 0. The second kappa shape index (κ2) is 9.20. The predicted octanol–water partition coefficient (Wildman–Crippen LogP) is 4.28. The number of sulfonamides is 1. The summed E-state index contributed by atoms with van der Waals surface area (Å²) in [6, 6.07) is 22.2. The van der Waals surface area contributed by atoms with Crippen molar-refractivity contribution in [1.82, 2.24) is 14.6 Å². The van der Waals surface area contributed by atoms with Crippen molar-refractivity contribution in [3.8, 4) is 0 Å². The summed E-state index contributed by atoms with van der Waals surface area (Å²) in [5, 5.41) is 0.863. The van der Waals surface area contributed by atoms with E-state index >= 15 is 0 Å². The summed E-state index contributed by atoms with van der Waals surface area (Å²) in [5.41, 5.74) is 2.30. The number of likely N-dealkylation sites (N-methyl/N-ethyl adjacent to an activating group) is 1. The molecule has 4 rings (SSSR count). The second-order valence-corrected chi connectivity index (χ2v) is 10.5. The number of rotatable bonds is 7. The van der Waals surface area contributed by atoms with E-state index in [1.807, 2.05) is 43.3 Å². The number of amides is 1. The zero-order valence-electron chi connectivity index (χ0n) is 17.7. The Morgan fingerprint density at radius 2 is 1.69 bits per heavy atom. The molecule has 1 heterocycles. The number of hydrogen-bond acceptors (Lipinski definition) is 5. The molecule has 1 N–H and O–H groups in total. The van der Waals surface area contributed by atoms with Crippen LogP contribution < -0.4 is 4.72 Å². The molecule has 0 radical (unpaired) electrons. The number of carbonyl (C=O) groups excluding carboxylic acids is 1. The Hall–Kier alpha value is -3.07. The second-order valence-electron chi connectivity index (χ2n) is 7.51. The van der Waals surface area contributed by atoms with Crippen molar-refractivity contribution in [2.45, 2.75) is 24.4 Å². The first-order valence-corrected chi connectivity index (χ1v) is 12.4. The third-order valence-electron chi connectivity index (χ3n) is 5.07. The van der Waals surface area contributed by atoms with Gasteiger partial charge in [0, 0.05) is 13.6 Å². The maximum atomic E-state index is 13.4. The van der Waals surface area contributed by atoms with Gasteiger partial charge < -0.3 is 4.90 Å². The molecule has 4 aromatic rings. The first kappa shape index (κ1) is 22.1. The van der Waals surface area contributed by atoms with Gasteiger partial charge in [0.1, 0.15) is 6.04 Å². The average Bonchev–Trinajstić information content (AvgIpc) is 3.17. The maximum Gasteiger partial charge on any atom is 0.245 e. The van der Waals surface area contributed by atoms with E-state index in [2.05, 4.69) is 9.71 Å². The Balaban J connectivity index is 1.64. The lowest BCUT2D eigenvalue weighted by Gasteiger charge is -2.25. The Morgan fingerprint density at radius 3 is 2.38 bits per heavy atom. The maximum absolute atomic E-state index is 13.4. The van der Waals surface area contributed by atoms with Crippen LogP contribution in [0.5, 0.6) is 0 Å². The Bertz CT molecular complexity index is 1340. The smallest absolute Gasteiger partial charge is 0.245 e. The van der Waals surface area contributed by atoms with E-state index in [0.29, 0.717) is 12.1 Å². The van der Waals surface area contributed by atoms with Crippen molar-refractivity contribution in [3.05, 3.63) is 95.0 Å². The Morgan fingerprint density at radius 1 is 1.03 bits per heavy atom. The predicted molar refractivity (Wildman–Crippen MR) is 127 cm³/mol. The third kappa shape index (κ3) is 4.88. The summed E-state index contributed by atoms with van der Waals surface area (Å²) >= 11 is 1.43. The molecule has 0 spiro atoms. The highest BCUT2D eigenvalue weighted by molar-refractivity contribution is 7.89. The van der Waals surface area contributed by atoms with Crippen molar-refractivity contribution < 1.29 is 13.2 Å². The average molecular weight is 466 g/mol. The molecule has 0 aliphatic carbocycles. The van der Waals surface area contributed by atoms with Gasteiger partial charge in [-0.15, -0.1) is 11.3 Å². The van der Waals surface area contributed by atoms with Gasteiger partial charge in [-0.25, -0.2) is 13.4 Å². The molecule has 1 amide bonds. The quantitative estimate of drug-likeness (QED) is 0.442. The fourth-order valence-corrected chi connectivity index (χ4v) is 5.62. The van der Waals surface area contributed by atoms with Gasteiger partial charge in [-0.2, -0.15) is 4.72 Å². The van der Waals surface area contributed by atoms with E-state index in [4.69, 9.17) is 0 Å². The monoisotopic (exact) mass is 465 g/mol. The van der Waals surface area contributed by atoms with Crippen LogP contribution in [0.3, 0.4) is 0 Å². The molecule has 0 saturated carbocycles. The van der Waals surface area contributed by atoms with Gasteiger partial charge in [-0.05, 0) is 36.2 Å². The van der Waals surface area contributed by atoms with Crippen molar-refractivity contribution in [1.29, 1.82) is 0 Å². The summed E-state index contributed by atoms with van der Waals surface area (Å²) in [6.45, 7) is 2.25. The van der Waals surface area contributed by atoms with Crippen LogP contribution >= 0.6 is 11.3 Å². The number of fused-ring (bicyclic) bond motifs is 1. The zero-order valence-corrected chi connectivity index (χ0v) is 19.4. The molecule has 164 valence electrons. The highest BCUT2D eigenvalue weighted by Gasteiger charge is 2.29. The van der Waals surface area contributed by atoms with Crippen molar-refractivity contribution in [3.63, 3.8) is 0 Å². The largest absolute Gasteiger partial charge is 0.340 e. The van der Waals surface area contributed by atoms with Gasteiger partial charge >= 0.3 is 0 Å². The first-order chi connectivity index (χ1) is 15.3. The minimum atomic E-state index is -3.96. The van der Waals surface area contributed by atoms with Gasteiger partial charge in [-0.3, -0.25) is 4.79 Å². The van der Waals surface area contributed by atoms with Crippen LogP contribution in [0.1, 0.15) is 22.2 Å². The summed E-state index contributed by atoms with van der Waals surface area (Å²) in [5.74, 6) is -0.335. The molecule has 0 aliphatic heterocycles. The van der Waals surface area contributed by atoms with Crippen LogP contribution in [0.25, 0.3) is 10.2 Å². The Labute approximate surface area is 191 Å². The molecule has 3 aromatic carbocycles. The number of carbonyl (C=O) groups is 1. The summed E-state index contributed by atoms with van der Waals surface area (Å²) in [7, 11) is -2.29. The number of nitrogens with zero attached hydrogens (tertiary/aromatic N) is 2. The van der Waals surface area contributed by atoms with Crippen molar-refractivity contribution in [2.75, 3.05) is 7.05 Å². The summed E-state index contributed by atoms with van der Waals surface area (Å²) in [4.78, 5) is 19.4. The number of thiazole rings is 1. The molecule has 6 nitrogen and oxygen atoms in total. The van der Waals surface area contributed by atoms with Crippen LogP contribution in [-0.2, 0) is 21.4 Å². The number of aryl methyl sites for hydroxylation is 1. The minimum Gasteiger partial charge on any atom is -0.340 e. The fraction of sp³-hybridized carbons (Fsp3) is 0.167. The third-order valence-corrected chi connectivity index (χ3v) is 7.42. The highest BCUT2D eigenvalue weighted by atomic mass is 32.2.